The molecule has 0 bridgehead atoms. The topological polar surface area (TPSA) is 3.24 Å². The normalized spacial score (nSPS) is 45.7. The maximum atomic E-state index is 2.87. The molecule has 0 aromatic heterocycles. The van der Waals surface area contributed by atoms with E-state index < -0.39 is 0 Å². The lowest BCUT2D eigenvalue weighted by molar-refractivity contribution is 0.122. The molecule has 2 aliphatic heterocycles. The van der Waals surface area contributed by atoms with Crippen LogP contribution in [-0.4, -0.2) is 23.5 Å². The van der Waals surface area contributed by atoms with Crippen molar-refractivity contribution in [1.29, 1.82) is 0 Å². The largest absolute Gasteiger partial charge is 0.297 e. The predicted octanol–water partition coefficient (Wildman–Crippen LogP) is 2.80. The van der Waals surface area contributed by atoms with Crippen LogP contribution in [0.5, 0.6) is 0 Å². The van der Waals surface area contributed by atoms with Crippen molar-refractivity contribution in [2.45, 2.75) is 63.5 Å². The first-order chi connectivity index (χ1) is 6.45. The molecule has 0 aromatic carbocycles. The molecule has 3 rings (SSSR count). The van der Waals surface area contributed by atoms with E-state index >= 15 is 0 Å². The van der Waals surface area contributed by atoms with Gasteiger partial charge in [0.05, 0.1) is 0 Å². The van der Waals surface area contributed by atoms with Gasteiger partial charge < -0.3 is 0 Å². The average molecular weight is 179 g/mol. The second-order valence-corrected chi connectivity index (χ2v) is 5.24. The van der Waals surface area contributed by atoms with Gasteiger partial charge in [-0.05, 0) is 44.6 Å². The van der Waals surface area contributed by atoms with E-state index in [1.807, 2.05) is 0 Å². The van der Waals surface area contributed by atoms with Crippen LogP contribution in [0.2, 0.25) is 0 Å². The second kappa shape index (κ2) is 3.27. The summed E-state index contributed by atoms with van der Waals surface area (Å²) in [5.74, 6) is 1.09. The molecule has 1 aliphatic carbocycles. The van der Waals surface area contributed by atoms with E-state index in [0.717, 1.165) is 18.0 Å². The molecule has 1 saturated carbocycles. The molecule has 74 valence electrons. The lowest BCUT2D eigenvalue weighted by Crippen LogP contribution is -2.41. The van der Waals surface area contributed by atoms with Crippen LogP contribution in [0.4, 0.5) is 0 Å². The molecule has 3 fully saturated rings. The highest BCUT2D eigenvalue weighted by atomic mass is 15.2. The summed E-state index contributed by atoms with van der Waals surface area (Å²) in [5, 5.41) is 0. The van der Waals surface area contributed by atoms with E-state index in [0.29, 0.717) is 0 Å². The monoisotopic (exact) mass is 179 g/mol. The summed E-state index contributed by atoms with van der Waals surface area (Å²) in [5.41, 5.74) is 0. The molecule has 13 heavy (non-hydrogen) atoms. The van der Waals surface area contributed by atoms with Gasteiger partial charge in [0.15, 0.2) is 0 Å². The Morgan fingerprint density at radius 1 is 0.846 bits per heavy atom. The van der Waals surface area contributed by atoms with Gasteiger partial charge in [-0.15, -0.1) is 0 Å². The van der Waals surface area contributed by atoms with E-state index in [2.05, 4.69) is 4.90 Å². The van der Waals surface area contributed by atoms with Gasteiger partial charge >= 0.3 is 0 Å². The van der Waals surface area contributed by atoms with Crippen molar-refractivity contribution in [3.05, 3.63) is 0 Å². The van der Waals surface area contributed by atoms with E-state index in [1.54, 1.807) is 6.42 Å². The van der Waals surface area contributed by atoms with Gasteiger partial charge in [0.2, 0.25) is 0 Å². The number of nitrogens with zero attached hydrogens (tertiary/aromatic N) is 1. The Hall–Kier alpha value is -0.0400. The Bertz CT molecular complexity index is 170. The Labute approximate surface area is 81.5 Å². The van der Waals surface area contributed by atoms with Crippen molar-refractivity contribution in [3.8, 4) is 0 Å². The van der Waals surface area contributed by atoms with Crippen LogP contribution in [0.1, 0.15) is 51.4 Å². The number of piperidine rings is 1. The Morgan fingerprint density at radius 2 is 1.69 bits per heavy atom. The number of fused-ring (bicyclic) bond motifs is 3. The second-order valence-electron chi connectivity index (χ2n) is 5.24. The third kappa shape index (κ3) is 1.32. The summed E-state index contributed by atoms with van der Waals surface area (Å²) in [6, 6.07) is 2.01. The predicted molar refractivity (Wildman–Crippen MR) is 54.7 cm³/mol. The first-order valence-corrected chi connectivity index (χ1v) is 6.21. The number of hydrogen-bond acceptors (Lipinski definition) is 1. The van der Waals surface area contributed by atoms with Gasteiger partial charge in [-0.1, -0.05) is 19.3 Å². The molecule has 1 heteroatoms. The molecule has 0 radical (unpaired) electrons. The summed E-state index contributed by atoms with van der Waals surface area (Å²) in [6.07, 6.45) is 12.1. The quantitative estimate of drug-likeness (QED) is 0.552. The average Bonchev–Trinajstić information content (AvgIpc) is 2.56. The molecule has 2 saturated heterocycles. The highest BCUT2D eigenvalue weighted by molar-refractivity contribution is 4.96. The van der Waals surface area contributed by atoms with Crippen LogP contribution >= 0.6 is 0 Å². The van der Waals surface area contributed by atoms with Crippen molar-refractivity contribution in [3.63, 3.8) is 0 Å². The van der Waals surface area contributed by atoms with E-state index in [-0.39, 0.29) is 0 Å². The van der Waals surface area contributed by atoms with Crippen LogP contribution in [0.25, 0.3) is 0 Å². The molecule has 1 unspecified atom stereocenters. The fraction of sp³-hybridized carbons (Fsp3) is 1.00. The molecule has 0 aromatic rings. The SMILES string of the molecule is C1CCN2C(C1)C[C@H]1CCCC[C@H]12. The van der Waals surface area contributed by atoms with Crippen molar-refractivity contribution < 1.29 is 0 Å². The van der Waals surface area contributed by atoms with Gasteiger partial charge in [-0.2, -0.15) is 0 Å². The van der Waals surface area contributed by atoms with Crippen molar-refractivity contribution >= 4 is 0 Å². The van der Waals surface area contributed by atoms with Crippen LogP contribution in [0, 0.1) is 5.92 Å². The maximum absolute atomic E-state index is 2.87. The van der Waals surface area contributed by atoms with Crippen LogP contribution in [0.15, 0.2) is 0 Å². The lowest BCUT2D eigenvalue weighted by Gasteiger charge is -2.36. The molecule has 3 aliphatic rings. The maximum Gasteiger partial charge on any atom is 0.0127 e. The fourth-order valence-corrected chi connectivity index (χ4v) is 3.96. The summed E-state index contributed by atoms with van der Waals surface area (Å²) in [6.45, 7) is 1.42. The van der Waals surface area contributed by atoms with Crippen molar-refractivity contribution in [2.24, 2.45) is 5.92 Å². The van der Waals surface area contributed by atoms with Gasteiger partial charge in [-0.25, -0.2) is 0 Å². The van der Waals surface area contributed by atoms with Crippen molar-refractivity contribution in [1.82, 2.24) is 4.90 Å². The molecule has 0 spiro atoms. The van der Waals surface area contributed by atoms with Crippen LogP contribution in [-0.2, 0) is 0 Å². The molecule has 2 heterocycles. The van der Waals surface area contributed by atoms with Gasteiger partial charge in [-0.3, -0.25) is 4.90 Å². The minimum atomic E-state index is 1.00. The van der Waals surface area contributed by atoms with E-state index in [9.17, 15) is 0 Å². The molecule has 3 atom stereocenters. The molecule has 0 amide bonds. The Kier molecular flexibility index (Phi) is 2.08. The minimum Gasteiger partial charge on any atom is -0.297 e. The van der Waals surface area contributed by atoms with Crippen LogP contribution in [0.3, 0.4) is 0 Å². The fourth-order valence-electron chi connectivity index (χ4n) is 3.96. The Balaban J connectivity index is 1.76. The highest BCUT2D eigenvalue weighted by Crippen LogP contribution is 2.42. The third-order valence-electron chi connectivity index (χ3n) is 4.54. The zero-order valence-corrected chi connectivity index (χ0v) is 8.54. The zero-order chi connectivity index (χ0) is 8.67. The summed E-state index contributed by atoms with van der Waals surface area (Å²) < 4.78 is 0. The third-order valence-corrected chi connectivity index (χ3v) is 4.54. The standard InChI is InChI=1S/C12H21N/c1-2-7-12-10(5-1)9-11-6-3-4-8-13(11)12/h10-12H,1-9H2/t10-,11?,12-/m1/s1. The lowest BCUT2D eigenvalue weighted by atomic mass is 9.85. The first-order valence-electron chi connectivity index (χ1n) is 6.21. The van der Waals surface area contributed by atoms with E-state index in [4.69, 9.17) is 0 Å². The van der Waals surface area contributed by atoms with E-state index in [1.165, 1.54) is 51.5 Å². The highest BCUT2D eigenvalue weighted by Gasteiger charge is 2.42. The van der Waals surface area contributed by atoms with Gasteiger partial charge in [0, 0.05) is 12.1 Å². The number of hydrogen-bond donors (Lipinski definition) is 0. The Morgan fingerprint density at radius 3 is 2.69 bits per heavy atom. The zero-order valence-electron chi connectivity index (χ0n) is 8.54. The summed E-state index contributed by atoms with van der Waals surface area (Å²) in [4.78, 5) is 2.87. The molecule has 1 nitrogen and oxygen atoms in total. The van der Waals surface area contributed by atoms with Crippen LogP contribution < -0.4 is 0 Å². The number of rotatable bonds is 0. The minimum absolute atomic E-state index is 1.00. The summed E-state index contributed by atoms with van der Waals surface area (Å²) >= 11 is 0. The molecular formula is C12H21N. The molecule has 0 N–H and O–H groups in total. The molecular weight excluding hydrogens is 158 g/mol. The smallest absolute Gasteiger partial charge is 0.0127 e. The van der Waals surface area contributed by atoms with Gasteiger partial charge in [0.25, 0.3) is 0 Å². The van der Waals surface area contributed by atoms with Gasteiger partial charge in [0.1, 0.15) is 0 Å². The summed E-state index contributed by atoms with van der Waals surface area (Å²) in [7, 11) is 0. The van der Waals surface area contributed by atoms with Crippen molar-refractivity contribution in [2.75, 3.05) is 6.54 Å². The first kappa shape index (κ1) is 8.28.